The average molecular weight is 340 g/mol. The van der Waals surface area contributed by atoms with Gasteiger partial charge in [0.25, 0.3) is 11.4 Å². The molecule has 0 bridgehead atoms. The predicted molar refractivity (Wildman–Crippen MR) is 65.6 cm³/mol. The predicted octanol–water partition coefficient (Wildman–Crippen LogP) is -0.744. The van der Waals surface area contributed by atoms with Gasteiger partial charge in [-0.3, -0.25) is 13.9 Å². The zero-order valence-corrected chi connectivity index (χ0v) is 11.8. The molecule has 0 fully saturated rings. The molecule has 2 aromatic rings. The summed E-state index contributed by atoms with van der Waals surface area (Å²) in [4.78, 5) is 30.4. The largest absolute Gasteiger partial charge is 0.534 e. The third-order valence-electron chi connectivity index (χ3n) is 2.61. The fourth-order valence-electron chi connectivity index (χ4n) is 1.52. The van der Waals surface area contributed by atoms with E-state index in [1.165, 1.54) is 7.05 Å². The molecule has 22 heavy (non-hydrogen) atoms. The summed E-state index contributed by atoms with van der Waals surface area (Å²) in [6.07, 6.45) is 0.560. The SMILES string of the molecule is Cn1c(=O)c2nc(OS(=O)(=O)C(F)(F)F)cnc2n(C)c1=O. The van der Waals surface area contributed by atoms with Crippen LogP contribution in [0.5, 0.6) is 5.88 Å². The molecule has 0 aliphatic heterocycles. The first kappa shape index (κ1) is 15.9. The Balaban J connectivity index is 2.67. The lowest BCUT2D eigenvalue weighted by Crippen LogP contribution is -2.37. The van der Waals surface area contributed by atoms with E-state index in [2.05, 4.69) is 14.2 Å². The van der Waals surface area contributed by atoms with Crippen LogP contribution < -0.4 is 15.4 Å². The number of aryl methyl sites for hydroxylation is 1. The molecule has 0 aliphatic carbocycles. The molecule has 2 heterocycles. The summed E-state index contributed by atoms with van der Waals surface area (Å²) in [6.45, 7) is 0. The summed E-state index contributed by atoms with van der Waals surface area (Å²) in [5.74, 6) is -1.04. The van der Waals surface area contributed by atoms with E-state index in [0.29, 0.717) is 10.8 Å². The van der Waals surface area contributed by atoms with E-state index in [1.807, 2.05) is 0 Å². The van der Waals surface area contributed by atoms with Crippen LogP contribution in [-0.2, 0) is 24.2 Å². The first-order chi connectivity index (χ1) is 9.95. The number of hydrogen-bond acceptors (Lipinski definition) is 7. The molecular weight excluding hydrogens is 333 g/mol. The van der Waals surface area contributed by atoms with Crippen LogP contribution in [0.2, 0.25) is 0 Å². The second kappa shape index (κ2) is 4.79. The number of hydrogen-bond donors (Lipinski definition) is 0. The minimum absolute atomic E-state index is 0.232. The number of rotatable bonds is 2. The summed E-state index contributed by atoms with van der Waals surface area (Å²) in [6, 6.07) is 0. The standard InChI is InChI=1S/C9H7F3N4O5S/c1-15-6-5(7(17)16(2)8(15)18)14-4(3-13-6)21-22(19,20)9(10,11)12/h3H,1-2H3. The molecule has 120 valence electrons. The van der Waals surface area contributed by atoms with Gasteiger partial charge in [-0.15, -0.1) is 0 Å². The molecule has 0 aromatic carbocycles. The first-order valence-corrected chi connectivity index (χ1v) is 6.80. The number of alkyl halides is 3. The molecule has 0 atom stereocenters. The van der Waals surface area contributed by atoms with Crippen molar-refractivity contribution in [3.05, 3.63) is 27.0 Å². The van der Waals surface area contributed by atoms with Crippen molar-refractivity contribution in [3.8, 4) is 5.88 Å². The van der Waals surface area contributed by atoms with E-state index in [-0.39, 0.29) is 5.65 Å². The van der Waals surface area contributed by atoms with Crippen LogP contribution in [0.25, 0.3) is 11.2 Å². The highest BCUT2D eigenvalue weighted by Crippen LogP contribution is 2.25. The van der Waals surface area contributed by atoms with Crippen molar-refractivity contribution in [1.82, 2.24) is 19.1 Å². The third-order valence-corrected chi connectivity index (χ3v) is 3.57. The monoisotopic (exact) mass is 340 g/mol. The van der Waals surface area contributed by atoms with E-state index in [9.17, 15) is 31.2 Å². The summed E-state index contributed by atoms with van der Waals surface area (Å²) in [5, 5.41) is 0. The van der Waals surface area contributed by atoms with Gasteiger partial charge in [-0.1, -0.05) is 0 Å². The Morgan fingerprint density at radius 1 is 1.18 bits per heavy atom. The Morgan fingerprint density at radius 3 is 2.32 bits per heavy atom. The van der Waals surface area contributed by atoms with Crippen LogP contribution in [0.15, 0.2) is 15.8 Å². The molecule has 0 saturated carbocycles. The minimum atomic E-state index is -5.94. The minimum Gasteiger partial charge on any atom is -0.354 e. The number of nitrogens with zero attached hydrogens (tertiary/aromatic N) is 4. The average Bonchev–Trinajstić information content (AvgIpc) is 2.41. The Bertz CT molecular complexity index is 976. The lowest BCUT2D eigenvalue weighted by atomic mass is 10.5. The van der Waals surface area contributed by atoms with Crippen molar-refractivity contribution in [2.45, 2.75) is 5.51 Å². The van der Waals surface area contributed by atoms with E-state index < -0.39 is 38.3 Å². The summed E-state index contributed by atoms with van der Waals surface area (Å²) in [7, 11) is -3.57. The van der Waals surface area contributed by atoms with Gasteiger partial charge in [-0.2, -0.15) is 21.6 Å². The van der Waals surface area contributed by atoms with Crippen LogP contribution in [-0.4, -0.2) is 33.0 Å². The van der Waals surface area contributed by atoms with Crippen molar-refractivity contribution in [2.24, 2.45) is 14.1 Å². The molecule has 13 heteroatoms. The first-order valence-electron chi connectivity index (χ1n) is 5.39. The molecule has 0 aliphatic rings. The van der Waals surface area contributed by atoms with Gasteiger partial charge >= 0.3 is 21.3 Å². The van der Waals surface area contributed by atoms with Gasteiger partial charge < -0.3 is 4.18 Å². The fraction of sp³-hybridized carbons (Fsp3) is 0.333. The van der Waals surface area contributed by atoms with Gasteiger partial charge in [0.05, 0.1) is 6.20 Å². The van der Waals surface area contributed by atoms with Crippen LogP contribution >= 0.6 is 0 Å². The summed E-state index contributed by atoms with van der Waals surface area (Å²) >= 11 is 0. The molecule has 0 radical (unpaired) electrons. The Hall–Kier alpha value is -2.44. The Labute approximate surface area is 119 Å². The van der Waals surface area contributed by atoms with E-state index in [0.717, 1.165) is 11.6 Å². The van der Waals surface area contributed by atoms with Crippen molar-refractivity contribution >= 4 is 21.3 Å². The molecule has 2 aromatic heterocycles. The zero-order chi connectivity index (χ0) is 16.9. The molecule has 0 unspecified atom stereocenters. The highest BCUT2D eigenvalue weighted by Gasteiger charge is 2.49. The second-order valence-corrected chi connectivity index (χ2v) is 5.61. The molecule has 0 saturated heterocycles. The highest BCUT2D eigenvalue weighted by molar-refractivity contribution is 7.87. The number of fused-ring (bicyclic) bond motifs is 1. The lowest BCUT2D eigenvalue weighted by molar-refractivity contribution is -0.0501. The molecule has 0 N–H and O–H groups in total. The normalized spacial score (nSPS) is 12.6. The van der Waals surface area contributed by atoms with E-state index in [4.69, 9.17) is 0 Å². The molecular formula is C9H7F3N4O5S. The van der Waals surface area contributed by atoms with Crippen molar-refractivity contribution in [2.75, 3.05) is 0 Å². The van der Waals surface area contributed by atoms with Crippen molar-refractivity contribution < 1.29 is 25.8 Å². The van der Waals surface area contributed by atoms with E-state index in [1.54, 1.807) is 0 Å². The summed E-state index contributed by atoms with van der Waals surface area (Å²) < 4.78 is 63.8. The Kier molecular flexibility index (Phi) is 3.47. The van der Waals surface area contributed by atoms with Crippen LogP contribution in [0.1, 0.15) is 0 Å². The lowest BCUT2D eigenvalue weighted by Gasteiger charge is -2.09. The smallest absolute Gasteiger partial charge is 0.354 e. The number of halogens is 3. The maximum absolute atomic E-state index is 12.2. The molecule has 9 nitrogen and oxygen atoms in total. The van der Waals surface area contributed by atoms with Crippen molar-refractivity contribution in [1.29, 1.82) is 0 Å². The van der Waals surface area contributed by atoms with Crippen LogP contribution in [0.3, 0.4) is 0 Å². The quantitative estimate of drug-likeness (QED) is 0.522. The zero-order valence-electron chi connectivity index (χ0n) is 10.9. The maximum atomic E-state index is 12.2. The highest BCUT2D eigenvalue weighted by atomic mass is 32.2. The number of aromatic nitrogens is 4. The van der Waals surface area contributed by atoms with Crippen LogP contribution in [0, 0.1) is 0 Å². The Morgan fingerprint density at radius 2 is 1.77 bits per heavy atom. The van der Waals surface area contributed by atoms with E-state index >= 15 is 0 Å². The van der Waals surface area contributed by atoms with Gasteiger partial charge in [-0.05, 0) is 0 Å². The topological polar surface area (TPSA) is 113 Å². The van der Waals surface area contributed by atoms with Gasteiger partial charge in [0, 0.05) is 14.1 Å². The van der Waals surface area contributed by atoms with Crippen molar-refractivity contribution in [3.63, 3.8) is 0 Å². The molecule has 2 rings (SSSR count). The molecule has 0 spiro atoms. The fourth-order valence-corrected chi connectivity index (χ4v) is 1.92. The van der Waals surface area contributed by atoms with Gasteiger partial charge in [-0.25, -0.2) is 14.8 Å². The van der Waals surface area contributed by atoms with Gasteiger partial charge in [0.1, 0.15) is 0 Å². The van der Waals surface area contributed by atoms with Crippen LogP contribution in [0.4, 0.5) is 13.2 Å². The maximum Gasteiger partial charge on any atom is 0.534 e. The summed E-state index contributed by atoms with van der Waals surface area (Å²) in [5.41, 5.74) is -8.09. The second-order valence-electron chi connectivity index (χ2n) is 4.07. The van der Waals surface area contributed by atoms with Gasteiger partial charge in [0.15, 0.2) is 11.2 Å². The molecule has 0 amide bonds. The van der Waals surface area contributed by atoms with Gasteiger partial charge in [0.2, 0.25) is 0 Å². The third kappa shape index (κ3) is 2.43.